The monoisotopic (exact) mass is 412 g/mol. The number of halogens is 3. The van der Waals surface area contributed by atoms with Gasteiger partial charge in [0.15, 0.2) is 5.01 Å². The fraction of sp³-hybridized carbons (Fsp3) is 0.0526. The largest absolute Gasteiger partial charge is 0.453 e. The summed E-state index contributed by atoms with van der Waals surface area (Å²) in [5, 5.41) is 15.8. The molecule has 0 amide bonds. The summed E-state index contributed by atoms with van der Waals surface area (Å²) >= 11 is 1.03. The molecule has 144 valence electrons. The van der Waals surface area contributed by atoms with E-state index in [2.05, 4.69) is 20.4 Å². The Kier molecular flexibility index (Phi) is 3.95. The minimum absolute atomic E-state index is 0.0683. The molecule has 10 heteroatoms. The minimum atomic E-state index is -4.64. The molecule has 0 N–H and O–H groups in total. The van der Waals surface area contributed by atoms with Crippen molar-refractivity contribution in [1.82, 2.24) is 29.6 Å². The highest BCUT2D eigenvalue weighted by molar-refractivity contribution is 7.19. The van der Waals surface area contributed by atoms with Gasteiger partial charge in [0.1, 0.15) is 0 Å². The number of hydrogen-bond donors (Lipinski definition) is 0. The SMILES string of the molecule is FC(F)(F)c1nnc2sc(-c3cnn(-c4ccccc4)c3-c3ccccc3)nn12. The van der Waals surface area contributed by atoms with Gasteiger partial charge in [0.2, 0.25) is 4.96 Å². The van der Waals surface area contributed by atoms with Gasteiger partial charge >= 0.3 is 6.18 Å². The zero-order chi connectivity index (χ0) is 20.0. The lowest BCUT2D eigenvalue weighted by atomic mass is 10.1. The molecule has 6 nitrogen and oxygen atoms in total. The molecule has 5 rings (SSSR count). The minimum Gasteiger partial charge on any atom is -0.232 e. The van der Waals surface area contributed by atoms with E-state index in [9.17, 15) is 13.2 Å². The molecular formula is C19H11F3N6S. The number of fused-ring (bicyclic) bond motifs is 1. The summed E-state index contributed by atoms with van der Waals surface area (Å²) in [4.78, 5) is 0.0683. The van der Waals surface area contributed by atoms with Crippen LogP contribution in [0.5, 0.6) is 0 Å². The normalized spacial score (nSPS) is 12.0. The Balaban J connectivity index is 1.73. The molecule has 0 saturated heterocycles. The van der Waals surface area contributed by atoms with Crippen molar-refractivity contribution in [3.63, 3.8) is 0 Å². The quantitative estimate of drug-likeness (QED) is 0.430. The molecule has 0 fully saturated rings. The van der Waals surface area contributed by atoms with Crippen LogP contribution >= 0.6 is 11.3 Å². The number of alkyl halides is 3. The Morgan fingerprint density at radius 3 is 2.24 bits per heavy atom. The predicted molar refractivity (Wildman–Crippen MR) is 102 cm³/mol. The molecule has 3 heterocycles. The van der Waals surface area contributed by atoms with Crippen LogP contribution in [0, 0.1) is 0 Å². The first-order valence-corrected chi connectivity index (χ1v) is 9.33. The summed E-state index contributed by atoms with van der Waals surface area (Å²) < 4.78 is 42.0. The Morgan fingerprint density at radius 2 is 1.55 bits per heavy atom. The highest BCUT2D eigenvalue weighted by Gasteiger charge is 2.38. The molecule has 0 radical (unpaired) electrons. The summed E-state index contributed by atoms with van der Waals surface area (Å²) in [6.07, 6.45) is -3.03. The molecule has 5 aromatic rings. The molecule has 0 spiro atoms. The first kappa shape index (κ1) is 17.6. The van der Waals surface area contributed by atoms with Crippen LogP contribution < -0.4 is 0 Å². The maximum Gasteiger partial charge on any atom is 0.453 e. The lowest BCUT2D eigenvalue weighted by Crippen LogP contribution is -2.11. The maximum absolute atomic E-state index is 13.2. The van der Waals surface area contributed by atoms with Crippen LogP contribution in [0.3, 0.4) is 0 Å². The lowest BCUT2D eigenvalue weighted by Gasteiger charge is -2.09. The average molecular weight is 412 g/mol. The molecule has 2 aromatic carbocycles. The third-order valence-corrected chi connectivity index (χ3v) is 5.22. The van der Waals surface area contributed by atoms with Gasteiger partial charge in [0.25, 0.3) is 5.82 Å². The average Bonchev–Trinajstić information content (AvgIpc) is 3.41. The van der Waals surface area contributed by atoms with Gasteiger partial charge in [-0.1, -0.05) is 59.9 Å². The van der Waals surface area contributed by atoms with Crippen LogP contribution in [0.1, 0.15) is 5.82 Å². The van der Waals surface area contributed by atoms with E-state index in [-0.39, 0.29) is 4.96 Å². The van der Waals surface area contributed by atoms with E-state index in [1.165, 1.54) is 0 Å². The van der Waals surface area contributed by atoms with Crippen molar-refractivity contribution in [2.75, 3.05) is 0 Å². The van der Waals surface area contributed by atoms with E-state index >= 15 is 0 Å². The topological polar surface area (TPSA) is 60.9 Å². The van der Waals surface area contributed by atoms with Crippen molar-refractivity contribution in [3.8, 4) is 27.5 Å². The van der Waals surface area contributed by atoms with E-state index in [4.69, 9.17) is 0 Å². The van der Waals surface area contributed by atoms with E-state index in [1.807, 2.05) is 60.7 Å². The fourth-order valence-corrected chi connectivity index (χ4v) is 3.90. The van der Waals surface area contributed by atoms with Gasteiger partial charge in [0, 0.05) is 5.56 Å². The van der Waals surface area contributed by atoms with E-state index < -0.39 is 12.0 Å². The Morgan fingerprint density at radius 1 is 0.862 bits per heavy atom. The molecule has 0 bridgehead atoms. The number of aromatic nitrogens is 6. The first-order chi connectivity index (χ1) is 14.0. The van der Waals surface area contributed by atoms with Crippen LogP contribution in [-0.4, -0.2) is 29.6 Å². The lowest BCUT2D eigenvalue weighted by molar-refractivity contribution is -0.146. The number of hydrogen-bond acceptors (Lipinski definition) is 5. The third kappa shape index (κ3) is 2.97. The van der Waals surface area contributed by atoms with E-state index in [0.717, 1.165) is 32.8 Å². The highest BCUT2D eigenvalue weighted by Crippen LogP contribution is 2.37. The Hall–Kier alpha value is -3.53. The number of nitrogens with zero attached hydrogens (tertiary/aromatic N) is 6. The molecular weight excluding hydrogens is 401 g/mol. The van der Waals surface area contributed by atoms with Crippen LogP contribution in [0.4, 0.5) is 13.2 Å². The summed E-state index contributed by atoms with van der Waals surface area (Å²) in [5.41, 5.74) is 3.04. The van der Waals surface area contributed by atoms with Crippen LogP contribution in [0.25, 0.3) is 32.5 Å². The van der Waals surface area contributed by atoms with Crippen molar-refractivity contribution < 1.29 is 13.2 Å². The second kappa shape index (κ2) is 6.52. The second-order valence-corrected chi connectivity index (χ2v) is 7.10. The molecule has 0 aliphatic heterocycles. The molecule has 0 atom stereocenters. The summed E-state index contributed by atoms with van der Waals surface area (Å²) in [6.45, 7) is 0. The van der Waals surface area contributed by atoms with Crippen molar-refractivity contribution >= 4 is 16.3 Å². The number of benzene rings is 2. The molecule has 0 unspecified atom stereocenters. The third-order valence-electron chi connectivity index (χ3n) is 4.29. The predicted octanol–water partition coefficient (Wildman–Crippen LogP) is 4.72. The smallest absolute Gasteiger partial charge is 0.232 e. The molecule has 0 aliphatic rings. The molecule has 0 aliphatic carbocycles. The molecule has 29 heavy (non-hydrogen) atoms. The van der Waals surface area contributed by atoms with Crippen molar-refractivity contribution in [2.24, 2.45) is 0 Å². The van der Waals surface area contributed by atoms with E-state index in [0.29, 0.717) is 10.6 Å². The standard InChI is InChI=1S/C19H11F3N6S/c20-19(21,22)17-24-25-18-28(17)26-16(29-18)14-11-23-27(13-9-5-2-6-10-13)15(14)12-7-3-1-4-8-12/h1-11H. The van der Waals surface area contributed by atoms with Gasteiger partial charge in [-0.2, -0.15) is 27.9 Å². The zero-order valence-electron chi connectivity index (χ0n) is 14.6. The van der Waals surface area contributed by atoms with Gasteiger partial charge in [-0.25, -0.2) is 4.68 Å². The van der Waals surface area contributed by atoms with Gasteiger partial charge in [0.05, 0.1) is 23.1 Å². The molecule has 3 aromatic heterocycles. The summed E-state index contributed by atoms with van der Waals surface area (Å²) in [5.74, 6) is -1.15. The van der Waals surface area contributed by atoms with Crippen molar-refractivity contribution in [2.45, 2.75) is 6.18 Å². The second-order valence-electron chi connectivity index (χ2n) is 6.14. The maximum atomic E-state index is 13.2. The zero-order valence-corrected chi connectivity index (χ0v) is 15.4. The van der Waals surface area contributed by atoms with Gasteiger partial charge in [-0.15, -0.1) is 10.2 Å². The van der Waals surface area contributed by atoms with Crippen molar-refractivity contribution in [1.29, 1.82) is 0 Å². The summed E-state index contributed by atoms with van der Waals surface area (Å²) in [6, 6.07) is 19.0. The van der Waals surface area contributed by atoms with Crippen LogP contribution in [0.2, 0.25) is 0 Å². The van der Waals surface area contributed by atoms with Gasteiger partial charge < -0.3 is 0 Å². The number of para-hydroxylation sites is 1. The number of rotatable bonds is 3. The van der Waals surface area contributed by atoms with Crippen LogP contribution in [-0.2, 0) is 6.18 Å². The highest BCUT2D eigenvalue weighted by atomic mass is 32.1. The van der Waals surface area contributed by atoms with E-state index in [1.54, 1.807) is 10.9 Å². The first-order valence-electron chi connectivity index (χ1n) is 8.51. The molecule has 0 saturated carbocycles. The fourth-order valence-electron chi connectivity index (χ4n) is 3.05. The Bertz CT molecular complexity index is 1290. The van der Waals surface area contributed by atoms with Crippen molar-refractivity contribution in [3.05, 3.63) is 72.7 Å². The Labute approximate surface area is 165 Å². The summed E-state index contributed by atoms with van der Waals surface area (Å²) in [7, 11) is 0. The van der Waals surface area contributed by atoms with Crippen LogP contribution in [0.15, 0.2) is 66.9 Å². The van der Waals surface area contributed by atoms with Gasteiger partial charge in [-0.3, -0.25) is 0 Å². The van der Waals surface area contributed by atoms with Gasteiger partial charge in [-0.05, 0) is 12.1 Å².